The molecule has 0 saturated carbocycles. The van der Waals surface area contributed by atoms with Crippen LogP contribution in [0.1, 0.15) is 13.8 Å². The van der Waals surface area contributed by atoms with E-state index in [0.29, 0.717) is 11.7 Å². The number of phenols is 1. The van der Waals surface area contributed by atoms with Gasteiger partial charge in [-0.05, 0) is 30.2 Å². The van der Waals surface area contributed by atoms with Gasteiger partial charge in [0.25, 0.3) is 0 Å². The molecule has 0 aromatic heterocycles. The maximum atomic E-state index is 9.01. The van der Waals surface area contributed by atoms with Crippen LogP contribution >= 0.6 is 0 Å². The van der Waals surface area contributed by atoms with Gasteiger partial charge < -0.3 is 10.4 Å². The number of nitrogens with one attached hydrogen (secondary N) is 1. The van der Waals surface area contributed by atoms with E-state index >= 15 is 0 Å². The van der Waals surface area contributed by atoms with Gasteiger partial charge in [0.2, 0.25) is 0 Å². The van der Waals surface area contributed by atoms with Gasteiger partial charge in [0, 0.05) is 12.2 Å². The molecule has 0 fully saturated rings. The van der Waals surface area contributed by atoms with Crippen molar-refractivity contribution in [3.8, 4) is 5.75 Å². The molecule has 2 nitrogen and oxygen atoms in total. The third-order valence-electron chi connectivity index (χ3n) is 1.58. The van der Waals surface area contributed by atoms with Crippen LogP contribution in [0.5, 0.6) is 5.75 Å². The smallest absolute Gasteiger partial charge is 0.115 e. The van der Waals surface area contributed by atoms with Crippen molar-refractivity contribution in [1.29, 1.82) is 0 Å². The lowest BCUT2D eigenvalue weighted by atomic mass is 10.2. The van der Waals surface area contributed by atoms with Gasteiger partial charge in [0.1, 0.15) is 5.75 Å². The fourth-order valence-corrected chi connectivity index (χ4v) is 0.901. The fourth-order valence-electron chi connectivity index (χ4n) is 0.901. The molecular weight excluding hydrogens is 150 g/mol. The second-order valence-corrected chi connectivity index (χ2v) is 3.32. The number of hydrogen-bond donors (Lipinski definition) is 2. The van der Waals surface area contributed by atoms with E-state index in [9.17, 15) is 0 Å². The summed E-state index contributed by atoms with van der Waals surface area (Å²) in [5.74, 6) is 0.948. The average molecular weight is 165 g/mol. The molecule has 1 aromatic rings. The second kappa shape index (κ2) is 4.00. The summed E-state index contributed by atoms with van der Waals surface area (Å²) in [5.41, 5.74) is 1.06. The van der Waals surface area contributed by atoms with Crippen LogP contribution in [0.4, 0.5) is 5.69 Å². The van der Waals surface area contributed by atoms with Gasteiger partial charge in [-0.25, -0.2) is 0 Å². The highest BCUT2D eigenvalue weighted by atomic mass is 16.3. The SMILES string of the molecule is CC(C)CNc1ccc(O)cc1. The van der Waals surface area contributed by atoms with E-state index in [1.807, 2.05) is 12.1 Å². The Hall–Kier alpha value is -1.18. The van der Waals surface area contributed by atoms with Crippen LogP contribution in [-0.4, -0.2) is 11.7 Å². The minimum atomic E-state index is 0.310. The van der Waals surface area contributed by atoms with Crippen LogP contribution in [0.25, 0.3) is 0 Å². The number of phenolic OH excluding ortho intramolecular Hbond substituents is 1. The highest BCUT2D eigenvalue weighted by Crippen LogP contribution is 2.13. The lowest BCUT2D eigenvalue weighted by molar-refractivity contribution is 0.475. The lowest BCUT2D eigenvalue weighted by Gasteiger charge is -2.08. The van der Waals surface area contributed by atoms with Crippen LogP contribution in [-0.2, 0) is 0 Å². The first-order valence-corrected chi connectivity index (χ1v) is 4.21. The quantitative estimate of drug-likeness (QED) is 0.674. The van der Waals surface area contributed by atoms with Gasteiger partial charge in [-0.3, -0.25) is 0 Å². The summed E-state index contributed by atoms with van der Waals surface area (Å²) < 4.78 is 0. The highest BCUT2D eigenvalue weighted by molar-refractivity contribution is 5.45. The minimum Gasteiger partial charge on any atom is -0.508 e. The van der Waals surface area contributed by atoms with Crippen molar-refractivity contribution in [2.24, 2.45) is 5.92 Å². The Bertz CT molecular complexity index is 228. The number of anilines is 1. The van der Waals surface area contributed by atoms with E-state index in [4.69, 9.17) is 5.11 Å². The molecule has 12 heavy (non-hydrogen) atoms. The summed E-state index contributed by atoms with van der Waals surface area (Å²) in [6, 6.07) is 7.11. The molecule has 0 saturated heterocycles. The van der Waals surface area contributed by atoms with E-state index in [2.05, 4.69) is 19.2 Å². The molecule has 0 radical (unpaired) electrons. The molecule has 0 aliphatic heterocycles. The predicted octanol–water partition coefficient (Wildman–Crippen LogP) is 2.46. The Morgan fingerprint density at radius 1 is 1.25 bits per heavy atom. The topological polar surface area (TPSA) is 32.3 Å². The molecule has 2 N–H and O–H groups in total. The Balaban J connectivity index is 2.48. The Morgan fingerprint density at radius 2 is 1.83 bits per heavy atom. The van der Waals surface area contributed by atoms with Crippen LogP contribution in [0, 0.1) is 5.92 Å². The standard InChI is InChI=1S/C10H15NO/c1-8(2)7-11-9-3-5-10(12)6-4-9/h3-6,8,11-12H,7H2,1-2H3. The maximum absolute atomic E-state index is 9.01. The molecule has 0 unspecified atom stereocenters. The van der Waals surface area contributed by atoms with E-state index in [1.54, 1.807) is 12.1 Å². The Labute approximate surface area is 73.2 Å². The van der Waals surface area contributed by atoms with Crippen LogP contribution in [0.15, 0.2) is 24.3 Å². The fraction of sp³-hybridized carbons (Fsp3) is 0.400. The van der Waals surface area contributed by atoms with Crippen molar-refractivity contribution < 1.29 is 5.11 Å². The van der Waals surface area contributed by atoms with Crippen molar-refractivity contribution in [3.05, 3.63) is 24.3 Å². The summed E-state index contributed by atoms with van der Waals surface area (Å²) in [5, 5.41) is 12.3. The van der Waals surface area contributed by atoms with Crippen molar-refractivity contribution in [1.82, 2.24) is 0 Å². The van der Waals surface area contributed by atoms with Gasteiger partial charge in [-0.1, -0.05) is 13.8 Å². The van der Waals surface area contributed by atoms with E-state index < -0.39 is 0 Å². The Kier molecular flexibility index (Phi) is 2.97. The zero-order valence-electron chi connectivity index (χ0n) is 7.54. The third-order valence-corrected chi connectivity index (χ3v) is 1.58. The number of rotatable bonds is 3. The number of aromatic hydroxyl groups is 1. The molecule has 0 spiro atoms. The van der Waals surface area contributed by atoms with Crippen LogP contribution in [0.2, 0.25) is 0 Å². The zero-order chi connectivity index (χ0) is 8.97. The van der Waals surface area contributed by atoms with E-state index in [-0.39, 0.29) is 0 Å². The van der Waals surface area contributed by atoms with Gasteiger partial charge in [0.05, 0.1) is 0 Å². The summed E-state index contributed by atoms with van der Waals surface area (Å²) in [6.07, 6.45) is 0. The first-order chi connectivity index (χ1) is 5.68. The van der Waals surface area contributed by atoms with Gasteiger partial charge >= 0.3 is 0 Å². The van der Waals surface area contributed by atoms with Crippen molar-refractivity contribution in [3.63, 3.8) is 0 Å². The molecule has 1 aromatic carbocycles. The predicted molar refractivity (Wildman–Crippen MR) is 51.4 cm³/mol. The molecule has 0 atom stereocenters. The van der Waals surface area contributed by atoms with E-state index in [1.165, 1.54) is 0 Å². The number of benzene rings is 1. The largest absolute Gasteiger partial charge is 0.508 e. The summed E-state index contributed by atoms with van der Waals surface area (Å²) in [6.45, 7) is 5.28. The van der Waals surface area contributed by atoms with E-state index in [0.717, 1.165) is 12.2 Å². The minimum absolute atomic E-state index is 0.310. The molecule has 2 heteroatoms. The van der Waals surface area contributed by atoms with Crippen LogP contribution in [0.3, 0.4) is 0 Å². The molecule has 0 aliphatic carbocycles. The molecule has 0 heterocycles. The molecule has 66 valence electrons. The second-order valence-electron chi connectivity index (χ2n) is 3.32. The molecule has 0 aliphatic rings. The molecular formula is C10H15NO. The van der Waals surface area contributed by atoms with Gasteiger partial charge in [-0.15, -0.1) is 0 Å². The average Bonchev–Trinajstić information content (AvgIpc) is 2.03. The number of hydrogen-bond acceptors (Lipinski definition) is 2. The van der Waals surface area contributed by atoms with Crippen molar-refractivity contribution in [2.45, 2.75) is 13.8 Å². The normalized spacial score (nSPS) is 10.2. The Morgan fingerprint density at radius 3 is 2.33 bits per heavy atom. The summed E-state index contributed by atoms with van der Waals surface area (Å²) >= 11 is 0. The molecule has 0 amide bonds. The summed E-state index contributed by atoms with van der Waals surface area (Å²) in [4.78, 5) is 0. The lowest BCUT2D eigenvalue weighted by Crippen LogP contribution is -2.07. The molecule has 0 bridgehead atoms. The summed E-state index contributed by atoms with van der Waals surface area (Å²) in [7, 11) is 0. The first-order valence-electron chi connectivity index (χ1n) is 4.21. The van der Waals surface area contributed by atoms with Gasteiger partial charge in [0.15, 0.2) is 0 Å². The van der Waals surface area contributed by atoms with Crippen molar-refractivity contribution >= 4 is 5.69 Å². The maximum Gasteiger partial charge on any atom is 0.115 e. The van der Waals surface area contributed by atoms with Crippen LogP contribution < -0.4 is 5.32 Å². The highest BCUT2D eigenvalue weighted by Gasteiger charge is 1.94. The third kappa shape index (κ3) is 2.82. The zero-order valence-corrected chi connectivity index (χ0v) is 7.54. The molecule has 1 rings (SSSR count). The van der Waals surface area contributed by atoms with Crippen molar-refractivity contribution in [2.75, 3.05) is 11.9 Å². The monoisotopic (exact) mass is 165 g/mol. The first kappa shape index (κ1) is 8.91. The van der Waals surface area contributed by atoms with Gasteiger partial charge in [-0.2, -0.15) is 0 Å².